The van der Waals surface area contributed by atoms with Gasteiger partial charge in [0.05, 0.1) is 31.3 Å². The molecule has 1 rings (SSSR count). The van der Waals surface area contributed by atoms with E-state index in [-0.39, 0.29) is 17.8 Å². The summed E-state index contributed by atoms with van der Waals surface area (Å²) in [5, 5.41) is 12.5. The van der Waals surface area contributed by atoms with Gasteiger partial charge in [0.1, 0.15) is 0 Å². The number of carbonyl (C=O) groups is 1. The molecule has 1 aromatic carbocycles. The van der Waals surface area contributed by atoms with Crippen LogP contribution in [0.1, 0.15) is 32.8 Å². The van der Waals surface area contributed by atoms with Gasteiger partial charge in [0.2, 0.25) is 0 Å². The zero-order valence-electron chi connectivity index (χ0n) is 16.6. The lowest BCUT2D eigenvalue weighted by atomic mass is 9.97. The number of methoxy groups -OCH3 is 1. The van der Waals surface area contributed by atoms with Crippen LogP contribution in [-0.4, -0.2) is 49.0 Å². The minimum absolute atomic E-state index is 0.0263. The SMILES string of the molecule is CCC(COP(NCc1ccccc1)OCCSC(=O)C(C)(C)CO)OC. The predicted molar refractivity (Wildman–Crippen MR) is 112 cm³/mol. The fourth-order valence-corrected chi connectivity index (χ4v) is 3.96. The molecule has 154 valence electrons. The number of ether oxygens (including phenoxy) is 1. The van der Waals surface area contributed by atoms with E-state index in [2.05, 4.69) is 5.09 Å². The number of carbonyl (C=O) groups excluding carboxylic acids is 1. The van der Waals surface area contributed by atoms with Gasteiger partial charge in [-0.15, -0.1) is 0 Å². The second-order valence-corrected chi connectivity index (χ2v) is 9.07. The van der Waals surface area contributed by atoms with Crippen LogP contribution in [0.4, 0.5) is 0 Å². The molecule has 0 spiro atoms. The number of aliphatic hydroxyl groups is 1. The third kappa shape index (κ3) is 9.99. The summed E-state index contributed by atoms with van der Waals surface area (Å²) in [6, 6.07) is 10.0. The number of hydrogen-bond acceptors (Lipinski definition) is 7. The molecule has 0 aliphatic carbocycles. The van der Waals surface area contributed by atoms with Crippen molar-refractivity contribution >= 4 is 25.4 Å². The van der Waals surface area contributed by atoms with Gasteiger partial charge in [-0.2, -0.15) is 0 Å². The Balaban J connectivity index is 2.46. The van der Waals surface area contributed by atoms with Crippen LogP contribution in [0.25, 0.3) is 0 Å². The van der Waals surface area contributed by atoms with E-state index in [0.29, 0.717) is 25.5 Å². The fourth-order valence-electron chi connectivity index (χ4n) is 1.90. The second-order valence-electron chi connectivity index (χ2n) is 6.65. The fraction of sp³-hybridized carbons (Fsp3) is 0.632. The molecule has 0 fully saturated rings. The van der Waals surface area contributed by atoms with Gasteiger partial charge >= 0.3 is 0 Å². The minimum Gasteiger partial charge on any atom is -0.395 e. The molecule has 8 heteroatoms. The largest absolute Gasteiger partial charge is 0.395 e. The van der Waals surface area contributed by atoms with Crippen molar-refractivity contribution in [3.05, 3.63) is 35.9 Å². The van der Waals surface area contributed by atoms with Crippen LogP contribution >= 0.6 is 20.3 Å². The van der Waals surface area contributed by atoms with Crippen molar-refractivity contribution in [3.63, 3.8) is 0 Å². The Morgan fingerprint density at radius 1 is 1.30 bits per heavy atom. The molecular formula is C19H32NO5PS. The molecule has 1 aromatic rings. The molecule has 2 atom stereocenters. The number of thioether (sulfide) groups is 1. The normalized spacial score (nSPS) is 14.1. The first-order valence-electron chi connectivity index (χ1n) is 9.07. The maximum absolute atomic E-state index is 12.0. The van der Waals surface area contributed by atoms with Crippen molar-refractivity contribution in [2.75, 3.05) is 32.7 Å². The zero-order chi connectivity index (χ0) is 20.1. The minimum atomic E-state index is -1.29. The first kappa shape index (κ1) is 24.5. The molecule has 2 unspecified atom stereocenters. The van der Waals surface area contributed by atoms with Crippen molar-refractivity contribution in [1.29, 1.82) is 0 Å². The molecule has 0 saturated carbocycles. The van der Waals surface area contributed by atoms with Crippen LogP contribution in [-0.2, 0) is 25.1 Å². The number of benzene rings is 1. The van der Waals surface area contributed by atoms with E-state index in [0.717, 1.165) is 12.0 Å². The van der Waals surface area contributed by atoms with Crippen molar-refractivity contribution in [1.82, 2.24) is 5.09 Å². The summed E-state index contributed by atoms with van der Waals surface area (Å²) >= 11 is 1.18. The molecule has 0 saturated heterocycles. The molecule has 2 N–H and O–H groups in total. The van der Waals surface area contributed by atoms with Crippen molar-refractivity contribution in [2.24, 2.45) is 5.41 Å². The Morgan fingerprint density at radius 3 is 2.59 bits per heavy atom. The van der Waals surface area contributed by atoms with E-state index in [1.54, 1.807) is 21.0 Å². The van der Waals surface area contributed by atoms with Gasteiger partial charge in [-0.05, 0) is 25.8 Å². The van der Waals surface area contributed by atoms with Crippen LogP contribution in [0.5, 0.6) is 0 Å². The Bertz CT molecular complexity index is 528. The third-order valence-corrected chi connectivity index (χ3v) is 6.30. The van der Waals surface area contributed by atoms with Gasteiger partial charge < -0.3 is 18.9 Å². The average molecular weight is 418 g/mol. The lowest BCUT2D eigenvalue weighted by Crippen LogP contribution is -2.26. The van der Waals surface area contributed by atoms with E-state index >= 15 is 0 Å². The van der Waals surface area contributed by atoms with Crippen molar-refractivity contribution in [3.8, 4) is 0 Å². The van der Waals surface area contributed by atoms with Gasteiger partial charge in [-0.1, -0.05) is 49.0 Å². The second kappa shape index (κ2) is 13.6. The quantitative estimate of drug-likeness (QED) is 0.353. The van der Waals surface area contributed by atoms with E-state index in [4.69, 9.17) is 13.8 Å². The summed E-state index contributed by atoms with van der Waals surface area (Å²) < 4.78 is 17.1. The van der Waals surface area contributed by atoms with Crippen LogP contribution in [0.3, 0.4) is 0 Å². The van der Waals surface area contributed by atoms with Crippen LogP contribution in [0.2, 0.25) is 0 Å². The lowest BCUT2D eigenvalue weighted by Gasteiger charge is -2.22. The molecule has 0 aliphatic heterocycles. The number of rotatable bonds is 14. The van der Waals surface area contributed by atoms with Gasteiger partial charge in [-0.25, -0.2) is 5.09 Å². The molecule has 0 aromatic heterocycles. The monoisotopic (exact) mass is 417 g/mol. The standard InChI is InChI=1S/C19H32NO5PS/c1-5-17(23-4)14-25-26(20-13-16-9-7-6-8-10-16)24-11-12-27-18(22)19(2,3)15-21/h6-10,17,20-21H,5,11-15H2,1-4H3. The van der Waals surface area contributed by atoms with Gasteiger partial charge in [0.15, 0.2) is 5.12 Å². The van der Waals surface area contributed by atoms with Crippen molar-refractivity contribution in [2.45, 2.75) is 39.8 Å². The van der Waals surface area contributed by atoms with Gasteiger partial charge in [0, 0.05) is 19.4 Å². The first-order valence-corrected chi connectivity index (χ1v) is 11.2. The summed E-state index contributed by atoms with van der Waals surface area (Å²) in [4.78, 5) is 12.0. The van der Waals surface area contributed by atoms with Crippen LogP contribution in [0, 0.1) is 5.41 Å². The van der Waals surface area contributed by atoms with E-state index in [1.807, 2.05) is 37.3 Å². The van der Waals surface area contributed by atoms with Crippen molar-refractivity contribution < 1.29 is 23.7 Å². The zero-order valence-corrected chi connectivity index (χ0v) is 18.4. The molecule has 27 heavy (non-hydrogen) atoms. The summed E-state index contributed by atoms with van der Waals surface area (Å²) in [7, 11) is 0.375. The first-order chi connectivity index (χ1) is 12.9. The highest BCUT2D eigenvalue weighted by atomic mass is 32.2. The number of hydrogen-bond donors (Lipinski definition) is 2. The summed E-state index contributed by atoms with van der Waals surface area (Å²) in [6.07, 6.45) is 0.886. The molecule has 0 amide bonds. The highest BCUT2D eigenvalue weighted by Gasteiger charge is 2.26. The van der Waals surface area contributed by atoms with E-state index < -0.39 is 13.9 Å². The smallest absolute Gasteiger partial charge is 0.256 e. The topological polar surface area (TPSA) is 77.0 Å². The van der Waals surface area contributed by atoms with Crippen LogP contribution < -0.4 is 5.09 Å². The highest BCUT2D eigenvalue weighted by Crippen LogP contribution is 2.35. The number of nitrogens with one attached hydrogen (secondary N) is 1. The molecule has 0 bridgehead atoms. The average Bonchev–Trinajstić information content (AvgIpc) is 2.69. The third-order valence-electron chi connectivity index (χ3n) is 3.89. The molecule has 6 nitrogen and oxygen atoms in total. The van der Waals surface area contributed by atoms with E-state index in [1.165, 1.54) is 11.8 Å². The molecule has 0 aliphatic rings. The summed E-state index contributed by atoms with van der Waals surface area (Å²) in [5.41, 5.74) is 0.412. The Hall–Kier alpha value is -0.530. The van der Waals surface area contributed by atoms with Crippen LogP contribution in [0.15, 0.2) is 30.3 Å². The number of aliphatic hydroxyl groups excluding tert-OH is 1. The van der Waals surface area contributed by atoms with Gasteiger partial charge in [0.25, 0.3) is 8.53 Å². The van der Waals surface area contributed by atoms with E-state index in [9.17, 15) is 9.90 Å². The Kier molecular flexibility index (Phi) is 12.4. The lowest BCUT2D eigenvalue weighted by molar-refractivity contribution is -0.119. The maximum Gasteiger partial charge on any atom is 0.256 e. The maximum atomic E-state index is 12.0. The Morgan fingerprint density at radius 2 is 2.00 bits per heavy atom. The Labute approximate surface area is 168 Å². The predicted octanol–water partition coefficient (Wildman–Crippen LogP) is 3.74. The summed E-state index contributed by atoms with van der Waals surface area (Å²) in [6.45, 7) is 6.82. The molecule has 0 heterocycles. The molecule has 0 radical (unpaired) electrons. The molecular weight excluding hydrogens is 385 g/mol. The van der Waals surface area contributed by atoms with Gasteiger partial charge in [-0.3, -0.25) is 4.79 Å². The highest BCUT2D eigenvalue weighted by molar-refractivity contribution is 8.13. The summed E-state index contributed by atoms with van der Waals surface area (Å²) in [5.74, 6) is 0.513.